The number of nitrogens with zero attached hydrogens (tertiary/aromatic N) is 4. The summed E-state index contributed by atoms with van der Waals surface area (Å²) < 4.78 is 2.27. The monoisotopic (exact) mass is 319 g/mol. The third-order valence-corrected chi connectivity index (χ3v) is 5.44. The predicted molar refractivity (Wildman–Crippen MR) is 90.0 cm³/mol. The van der Waals surface area contributed by atoms with Gasteiger partial charge in [-0.25, -0.2) is 4.98 Å². The molecule has 128 valence electrons. The average Bonchev–Trinajstić information content (AvgIpc) is 2.87. The molecular formula is C17H29N5O. The third-order valence-electron chi connectivity index (χ3n) is 5.44. The Bertz CT molecular complexity index is 543. The summed E-state index contributed by atoms with van der Waals surface area (Å²) in [6.07, 6.45) is 7.75. The van der Waals surface area contributed by atoms with Gasteiger partial charge in [-0.15, -0.1) is 0 Å². The number of rotatable bonds is 4. The Morgan fingerprint density at radius 1 is 1.35 bits per heavy atom. The smallest absolute Gasteiger partial charge is 0.220 e. The Morgan fingerprint density at radius 3 is 3.04 bits per heavy atom. The predicted octanol–water partition coefficient (Wildman–Crippen LogP) is 1.08. The number of amides is 1. The maximum Gasteiger partial charge on any atom is 0.220 e. The van der Waals surface area contributed by atoms with E-state index in [-0.39, 0.29) is 11.4 Å². The second-order valence-electron chi connectivity index (χ2n) is 6.99. The van der Waals surface area contributed by atoms with Crippen molar-refractivity contribution in [2.75, 3.05) is 33.2 Å². The van der Waals surface area contributed by atoms with Crippen molar-refractivity contribution in [2.45, 2.75) is 51.2 Å². The highest BCUT2D eigenvalue weighted by Gasteiger charge is 2.40. The topological polar surface area (TPSA) is 53.4 Å². The summed E-state index contributed by atoms with van der Waals surface area (Å²) in [7, 11) is 2.21. The molecule has 1 spiro atoms. The molecule has 6 nitrogen and oxygen atoms in total. The van der Waals surface area contributed by atoms with Gasteiger partial charge in [-0.05, 0) is 26.3 Å². The van der Waals surface area contributed by atoms with Crippen LogP contribution in [0, 0.1) is 0 Å². The summed E-state index contributed by atoms with van der Waals surface area (Å²) in [5.41, 5.74) is 0.125. The minimum atomic E-state index is 0.125. The van der Waals surface area contributed by atoms with Gasteiger partial charge in [-0.2, -0.15) is 0 Å². The van der Waals surface area contributed by atoms with Crippen molar-refractivity contribution in [3.63, 3.8) is 0 Å². The number of aryl methyl sites for hydroxylation is 1. The number of nitrogens with one attached hydrogen (secondary N) is 1. The molecule has 0 aliphatic carbocycles. The van der Waals surface area contributed by atoms with Crippen LogP contribution >= 0.6 is 0 Å². The van der Waals surface area contributed by atoms with Crippen LogP contribution < -0.4 is 5.32 Å². The average molecular weight is 319 g/mol. The molecule has 1 aromatic heterocycles. The van der Waals surface area contributed by atoms with Gasteiger partial charge >= 0.3 is 0 Å². The fourth-order valence-corrected chi connectivity index (χ4v) is 3.95. The SMILES string of the molecule is CCCn1ccnc1CN1CCN(C)[C@@]2(CCNC(=O)CC2)C1. The molecule has 1 atom stereocenters. The molecule has 0 bridgehead atoms. The molecule has 0 unspecified atom stereocenters. The number of hydrogen-bond donors (Lipinski definition) is 1. The van der Waals surface area contributed by atoms with Crippen molar-refractivity contribution in [3.8, 4) is 0 Å². The van der Waals surface area contributed by atoms with E-state index in [4.69, 9.17) is 0 Å². The molecular weight excluding hydrogens is 290 g/mol. The fourth-order valence-electron chi connectivity index (χ4n) is 3.95. The van der Waals surface area contributed by atoms with Gasteiger partial charge in [0.25, 0.3) is 0 Å². The number of piperazine rings is 1. The highest BCUT2D eigenvalue weighted by Crippen LogP contribution is 2.30. The summed E-state index contributed by atoms with van der Waals surface area (Å²) in [5.74, 6) is 1.36. The number of aromatic nitrogens is 2. The van der Waals surface area contributed by atoms with E-state index in [0.717, 1.165) is 64.4 Å². The first-order valence-corrected chi connectivity index (χ1v) is 8.83. The van der Waals surface area contributed by atoms with E-state index < -0.39 is 0 Å². The lowest BCUT2D eigenvalue weighted by Gasteiger charge is -2.49. The molecule has 3 rings (SSSR count). The van der Waals surface area contributed by atoms with E-state index in [1.807, 2.05) is 6.20 Å². The van der Waals surface area contributed by atoms with Crippen LogP contribution in [0.25, 0.3) is 0 Å². The van der Waals surface area contributed by atoms with Gasteiger partial charge < -0.3 is 9.88 Å². The number of likely N-dealkylation sites (N-methyl/N-ethyl adjacent to an activating group) is 1. The Morgan fingerprint density at radius 2 is 2.22 bits per heavy atom. The maximum absolute atomic E-state index is 11.7. The highest BCUT2D eigenvalue weighted by atomic mass is 16.1. The zero-order valence-corrected chi connectivity index (χ0v) is 14.4. The van der Waals surface area contributed by atoms with E-state index in [2.05, 4.69) is 44.8 Å². The summed E-state index contributed by atoms with van der Waals surface area (Å²) in [6, 6.07) is 0. The molecule has 2 saturated heterocycles. The summed E-state index contributed by atoms with van der Waals surface area (Å²) in [4.78, 5) is 21.3. The van der Waals surface area contributed by atoms with E-state index in [0.29, 0.717) is 6.42 Å². The van der Waals surface area contributed by atoms with Crippen molar-refractivity contribution >= 4 is 5.91 Å². The van der Waals surface area contributed by atoms with Gasteiger partial charge in [-0.3, -0.25) is 14.6 Å². The maximum atomic E-state index is 11.7. The summed E-state index contributed by atoms with van der Waals surface area (Å²) in [6.45, 7) is 8.08. The van der Waals surface area contributed by atoms with E-state index >= 15 is 0 Å². The first-order chi connectivity index (χ1) is 11.1. The summed E-state index contributed by atoms with van der Waals surface area (Å²) >= 11 is 0. The minimum Gasteiger partial charge on any atom is -0.356 e. The number of imidazole rings is 1. The molecule has 3 heterocycles. The molecule has 0 saturated carbocycles. The summed E-state index contributed by atoms with van der Waals surface area (Å²) in [5, 5.41) is 3.02. The second-order valence-corrected chi connectivity index (χ2v) is 6.99. The standard InChI is InChI=1S/C17H29N5O/c1-3-9-22-10-8-18-15(22)13-21-12-11-20(2)17(14-21)5-4-16(23)19-7-6-17/h8,10H,3-7,9,11-14H2,1-2H3,(H,19,23)/t17-/m0/s1. The molecule has 6 heteroatoms. The van der Waals surface area contributed by atoms with E-state index in [1.54, 1.807) is 0 Å². The van der Waals surface area contributed by atoms with Crippen LogP contribution in [0.15, 0.2) is 12.4 Å². The van der Waals surface area contributed by atoms with Gasteiger partial charge in [0.15, 0.2) is 0 Å². The lowest BCUT2D eigenvalue weighted by atomic mass is 9.86. The Kier molecular flexibility index (Phi) is 5.02. The Balaban J connectivity index is 1.70. The molecule has 2 aliphatic rings. The zero-order valence-electron chi connectivity index (χ0n) is 14.4. The largest absolute Gasteiger partial charge is 0.356 e. The van der Waals surface area contributed by atoms with Gasteiger partial charge in [-0.1, -0.05) is 6.92 Å². The molecule has 0 radical (unpaired) electrons. The van der Waals surface area contributed by atoms with Crippen LogP contribution in [0.3, 0.4) is 0 Å². The molecule has 1 aromatic rings. The lowest BCUT2D eigenvalue weighted by molar-refractivity contribution is -0.121. The van der Waals surface area contributed by atoms with Gasteiger partial charge in [0, 0.05) is 57.1 Å². The van der Waals surface area contributed by atoms with Crippen LogP contribution in [-0.2, 0) is 17.9 Å². The number of hydrogen-bond acceptors (Lipinski definition) is 4. The van der Waals surface area contributed by atoms with Crippen LogP contribution in [0.4, 0.5) is 0 Å². The van der Waals surface area contributed by atoms with Crippen molar-refractivity contribution in [1.29, 1.82) is 0 Å². The van der Waals surface area contributed by atoms with Crippen molar-refractivity contribution < 1.29 is 4.79 Å². The second kappa shape index (κ2) is 7.01. The molecule has 23 heavy (non-hydrogen) atoms. The first kappa shape index (κ1) is 16.5. The Labute approximate surface area is 138 Å². The minimum absolute atomic E-state index is 0.125. The van der Waals surface area contributed by atoms with Crippen molar-refractivity contribution in [3.05, 3.63) is 18.2 Å². The molecule has 1 amide bonds. The molecule has 0 aromatic carbocycles. The first-order valence-electron chi connectivity index (χ1n) is 8.83. The van der Waals surface area contributed by atoms with Crippen LogP contribution in [0.1, 0.15) is 38.4 Å². The van der Waals surface area contributed by atoms with Crippen LogP contribution in [-0.4, -0.2) is 64.0 Å². The lowest BCUT2D eigenvalue weighted by Crippen LogP contribution is -2.60. The highest BCUT2D eigenvalue weighted by molar-refractivity contribution is 5.76. The van der Waals surface area contributed by atoms with Crippen LogP contribution in [0.2, 0.25) is 0 Å². The van der Waals surface area contributed by atoms with Gasteiger partial charge in [0.1, 0.15) is 5.82 Å². The van der Waals surface area contributed by atoms with Crippen LogP contribution in [0.5, 0.6) is 0 Å². The molecule has 1 N–H and O–H groups in total. The van der Waals surface area contributed by atoms with Gasteiger partial charge in [0.2, 0.25) is 5.91 Å². The Hall–Kier alpha value is -1.40. The third kappa shape index (κ3) is 3.58. The fraction of sp³-hybridized carbons (Fsp3) is 0.765. The molecule has 2 aliphatic heterocycles. The quantitative estimate of drug-likeness (QED) is 0.902. The van der Waals surface area contributed by atoms with E-state index in [1.165, 1.54) is 0 Å². The van der Waals surface area contributed by atoms with Crippen molar-refractivity contribution in [2.24, 2.45) is 0 Å². The molecule has 2 fully saturated rings. The van der Waals surface area contributed by atoms with E-state index in [9.17, 15) is 4.79 Å². The van der Waals surface area contributed by atoms with Crippen molar-refractivity contribution in [1.82, 2.24) is 24.7 Å². The number of carbonyl (C=O) groups excluding carboxylic acids is 1. The van der Waals surface area contributed by atoms with Gasteiger partial charge in [0.05, 0.1) is 6.54 Å². The number of carbonyl (C=O) groups is 1. The normalized spacial score (nSPS) is 27.1. The zero-order chi connectivity index (χ0) is 16.3.